The molecule has 1 atom stereocenters. The topological polar surface area (TPSA) is 34.0 Å². The first-order valence-corrected chi connectivity index (χ1v) is 7.97. The zero-order chi connectivity index (χ0) is 17.8. The number of nitrogens with zero attached hydrogens (tertiary/aromatic N) is 1. The first-order chi connectivity index (χ1) is 12.0. The van der Waals surface area contributed by atoms with Crippen molar-refractivity contribution in [1.29, 1.82) is 0 Å². The average Bonchev–Trinajstić information content (AvgIpc) is 3.10. The molecule has 0 radical (unpaired) electrons. The molecule has 1 heterocycles. The van der Waals surface area contributed by atoms with Crippen LogP contribution in [0, 0.1) is 18.6 Å². The van der Waals surface area contributed by atoms with Gasteiger partial charge in [0.1, 0.15) is 11.6 Å². The molecule has 0 bridgehead atoms. The zero-order valence-electron chi connectivity index (χ0n) is 13.7. The van der Waals surface area contributed by atoms with Crippen molar-refractivity contribution in [2.45, 2.75) is 19.4 Å². The average molecular weight is 340 g/mol. The molecule has 0 saturated carbocycles. The first kappa shape index (κ1) is 16.9. The van der Waals surface area contributed by atoms with Gasteiger partial charge < -0.3 is 9.88 Å². The van der Waals surface area contributed by atoms with Crippen molar-refractivity contribution in [2.75, 3.05) is 5.32 Å². The van der Waals surface area contributed by atoms with Crippen LogP contribution < -0.4 is 5.32 Å². The van der Waals surface area contributed by atoms with Crippen LogP contribution >= 0.6 is 0 Å². The van der Waals surface area contributed by atoms with Gasteiger partial charge in [-0.1, -0.05) is 18.2 Å². The van der Waals surface area contributed by atoms with Gasteiger partial charge >= 0.3 is 0 Å². The Hall–Kier alpha value is -2.95. The first-order valence-electron chi connectivity index (χ1n) is 7.97. The number of nitrogens with one attached hydrogen (secondary N) is 1. The largest absolute Gasteiger partial charge is 0.346 e. The molecule has 0 aliphatic heterocycles. The predicted molar refractivity (Wildman–Crippen MR) is 93.4 cm³/mol. The lowest BCUT2D eigenvalue weighted by molar-refractivity contribution is -0.116. The highest BCUT2D eigenvalue weighted by Gasteiger charge is 2.18. The van der Waals surface area contributed by atoms with Crippen LogP contribution in [0.2, 0.25) is 0 Å². The van der Waals surface area contributed by atoms with E-state index < -0.39 is 0 Å². The van der Waals surface area contributed by atoms with Gasteiger partial charge in [0.2, 0.25) is 5.91 Å². The van der Waals surface area contributed by atoms with Crippen LogP contribution in [0.15, 0.2) is 67.0 Å². The van der Waals surface area contributed by atoms with Crippen molar-refractivity contribution in [1.82, 2.24) is 4.57 Å². The van der Waals surface area contributed by atoms with Crippen LogP contribution in [-0.4, -0.2) is 10.5 Å². The van der Waals surface area contributed by atoms with E-state index in [-0.39, 0.29) is 30.0 Å². The second-order valence-electron chi connectivity index (χ2n) is 5.92. The summed E-state index contributed by atoms with van der Waals surface area (Å²) in [5, 5.41) is 2.70. The minimum atomic E-state index is -0.370. The Morgan fingerprint density at radius 2 is 1.84 bits per heavy atom. The van der Waals surface area contributed by atoms with Crippen molar-refractivity contribution in [3.63, 3.8) is 0 Å². The Labute approximate surface area is 144 Å². The minimum absolute atomic E-state index is 0.105. The summed E-state index contributed by atoms with van der Waals surface area (Å²) in [5.74, 6) is -0.994. The highest BCUT2D eigenvalue weighted by Crippen LogP contribution is 2.24. The standard InChI is InChI=1S/C20H18F2N2O/c1-14-7-8-17(12-18(14)22)23-20(25)13-19(24-9-2-3-10-24)15-5-4-6-16(21)11-15/h2-12,19H,13H2,1H3,(H,23,25)/t19-/m1/s1. The summed E-state index contributed by atoms with van der Waals surface area (Å²) in [4.78, 5) is 12.4. The molecule has 1 aromatic heterocycles. The van der Waals surface area contributed by atoms with Gasteiger partial charge in [-0.25, -0.2) is 8.78 Å². The van der Waals surface area contributed by atoms with Gasteiger partial charge in [-0.05, 0) is 54.4 Å². The molecule has 1 amide bonds. The molecule has 1 N–H and O–H groups in total. The van der Waals surface area contributed by atoms with E-state index in [0.29, 0.717) is 16.8 Å². The van der Waals surface area contributed by atoms with E-state index in [1.807, 2.05) is 29.1 Å². The second kappa shape index (κ2) is 7.30. The fourth-order valence-electron chi connectivity index (χ4n) is 2.72. The summed E-state index contributed by atoms with van der Waals surface area (Å²) in [5.41, 5.74) is 1.61. The molecular weight excluding hydrogens is 322 g/mol. The number of aromatic nitrogens is 1. The van der Waals surface area contributed by atoms with Crippen molar-refractivity contribution in [2.24, 2.45) is 0 Å². The van der Waals surface area contributed by atoms with Crippen LogP contribution in [0.5, 0.6) is 0 Å². The Morgan fingerprint density at radius 1 is 1.08 bits per heavy atom. The molecule has 3 nitrogen and oxygen atoms in total. The van der Waals surface area contributed by atoms with Gasteiger partial charge in [-0.15, -0.1) is 0 Å². The van der Waals surface area contributed by atoms with Crippen LogP contribution in [0.4, 0.5) is 14.5 Å². The normalized spacial score (nSPS) is 12.0. The smallest absolute Gasteiger partial charge is 0.226 e. The molecule has 25 heavy (non-hydrogen) atoms. The predicted octanol–water partition coefficient (Wildman–Crippen LogP) is 4.69. The highest BCUT2D eigenvalue weighted by atomic mass is 19.1. The third-order valence-electron chi connectivity index (χ3n) is 4.06. The molecule has 128 valence electrons. The number of rotatable bonds is 5. The highest BCUT2D eigenvalue weighted by molar-refractivity contribution is 5.91. The number of carbonyl (C=O) groups is 1. The molecule has 0 aliphatic carbocycles. The summed E-state index contributed by atoms with van der Waals surface area (Å²) in [6, 6.07) is 14.1. The number of hydrogen-bond donors (Lipinski definition) is 1. The Morgan fingerprint density at radius 3 is 2.52 bits per heavy atom. The molecule has 0 spiro atoms. The van der Waals surface area contributed by atoms with E-state index in [0.717, 1.165) is 0 Å². The molecule has 0 unspecified atom stereocenters. The maximum atomic E-state index is 13.6. The van der Waals surface area contributed by atoms with Gasteiger partial charge in [0.15, 0.2) is 0 Å². The van der Waals surface area contributed by atoms with Crippen molar-refractivity contribution in [3.8, 4) is 0 Å². The third-order valence-corrected chi connectivity index (χ3v) is 4.06. The zero-order valence-corrected chi connectivity index (χ0v) is 13.7. The number of amides is 1. The molecule has 0 saturated heterocycles. The minimum Gasteiger partial charge on any atom is -0.346 e. The van der Waals surface area contributed by atoms with E-state index in [2.05, 4.69) is 5.32 Å². The van der Waals surface area contributed by atoms with Gasteiger partial charge in [0.25, 0.3) is 0 Å². The Kier molecular flexibility index (Phi) is 4.93. The molecule has 3 aromatic rings. The lowest BCUT2D eigenvalue weighted by atomic mass is 10.0. The number of halogens is 2. The molecular formula is C20H18F2N2O. The van der Waals surface area contributed by atoms with Crippen molar-refractivity contribution >= 4 is 11.6 Å². The molecule has 3 rings (SSSR count). The summed E-state index contributed by atoms with van der Waals surface area (Å²) in [6.07, 6.45) is 3.76. The lowest BCUT2D eigenvalue weighted by Crippen LogP contribution is -2.19. The fourth-order valence-corrected chi connectivity index (χ4v) is 2.72. The summed E-state index contributed by atoms with van der Waals surface area (Å²) >= 11 is 0. The van der Waals surface area contributed by atoms with Crippen molar-refractivity contribution < 1.29 is 13.6 Å². The van der Waals surface area contributed by atoms with E-state index in [1.54, 1.807) is 31.2 Å². The van der Waals surface area contributed by atoms with E-state index in [4.69, 9.17) is 0 Å². The van der Waals surface area contributed by atoms with Crippen molar-refractivity contribution in [3.05, 3.63) is 89.8 Å². The molecule has 2 aromatic carbocycles. The summed E-state index contributed by atoms with van der Waals surface area (Å²) in [7, 11) is 0. The summed E-state index contributed by atoms with van der Waals surface area (Å²) < 4.78 is 29.1. The Bertz CT molecular complexity index is 875. The second-order valence-corrected chi connectivity index (χ2v) is 5.92. The lowest BCUT2D eigenvalue weighted by Gasteiger charge is -2.19. The number of anilines is 1. The van der Waals surface area contributed by atoms with E-state index >= 15 is 0 Å². The number of carbonyl (C=O) groups excluding carboxylic acids is 1. The van der Waals surface area contributed by atoms with Gasteiger partial charge in [-0.2, -0.15) is 0 Å². The van der Waals surface area contributed by atoms with Crippen LogP contribution in [0.25, 0.3) is 0 Å². The number of hydrogen-bond acceptors (Lipinski definition) is 1. The maximum Gasteiger partial charge on any atom is 0.226 e. The molecule has 0 aliphatic rings. The number of aryl methyl sites for hydroxylation is 1. The molecule has 0 fully saturated rings. The fraction of sp³-hybridized carbons (Fsp3) is 0.150. The van der Waals surface area contributed by atoms with Gasteiger partial charge in [0, 0.05) is 18.1 Å². The number of benzene rings is 2. The van der Waals surface area contributed by atoms with Crippen LogP contribution in [0.3, 0.4) is 0 Å². The summed E-state index contributed by atoms with van der Waals surface area (Å²) in [6.45, 7) is 1.66. The monoisotopic (exact) mass is 340 g/mol. The van der Waals surface area contributed by atoms with E-state index in [9.17, 15) is 13.6 Å². The van der Waals surface area contributed by atoms with E-state index in [1.165, 1.54) is 18.2 Å². The maximum absolute atomic E-state index is 13.6. The SMILES string of the molecule is Cc1ccc(NC(=O)C[C@H](c2cccc(F)c2)n2cccc2)cc1F. The molecule has 5 heteroatoms. The van der Waals surface area contributed by atoms with Crippen LogP contribution in [0.1, 0.15) is 23.6 Å². The van der Waals surface area contributed by atoms with Gasteiger partial charge in [-0.3, -0.25) is 4.79 Å². The Balaban J connectivity index is 1.80. The quantitative estimate of drug-likeness (QED) is 0.718. The third kappa shape index (κ3) is 4.12. The van der Waals surface area contributed by atoms with Crippen LogP contribution in [-0.2, 0) is 4.79 Å². The van der Waals surface area contributed by atoms with Gasteiger partial charge in [0.05, 0.1) is 12.5 Å².